The van der Waals surface area contributed by atoms with Gasteiger partial charge in [0.25, 0.3) is 5.91 Å². The summed E-state index contributed by atoms with van der Waals surface area (Å²) in [7, 11) is 5.25. The van der Waals surface area contributed by atoms with Crippen LogP contribution in [0.4, 0.5) is 5.69 Å². The highest BCUT2D eigenvalue weighted by atomic mass is 16.5. The minimum absolute atomic E-state index is 0.138. The minimum atomic E-state index is -0.521. The van der Waals surface area contributed by atoms with Gasteiger partial charge in [0.05, 0.1) is 39.1 Å². The monoisotopic (exact) mass is 406 g/mol. The Bertz CT molecular complexity index is 887. The van der Waals surface area contributed by atoms with Crippen molar-refractivity contribution in [2.24, 2.45) is 0 Å². The fourth-order valence-corrected chi connectivity index (χ4v) is 3.63. The summed E-state index contributed by atoms with van der Waals surface area (Å²) in [5.41, 5.74) is 1.27. The summed E-state index contributed by atoms with van der Waals surface area (Å²) in [5.74, 6) is 0.379. The summed E-state index contributed by atoms with van der Waals surface area (Å²) < 4.78 is 15.9. The second-order valence-electron chi connectivity index (χ2n) is 7.28. The number of fused-ring (bicyclic) bond motifs is 1. The quantitative estimate of drug-likeness (QED) is 0.429. The van der Waals surface area contributed by atoms with Gasteiger partial charge in [0.2, 0.25) is 0 Å². The van der Waals surface area contributed by atoms with E-state index in [1.165, 1.54) is 9.80 Å². The van der Waals surface area contributed by atoms with E-state index in [0.29, 0.717) is 34.6 Å². The molecule has 0 aliphatic carbocycles. The Kier molecular flexibility index (Phi) is 6.60. The third-order valence-electron chi connectivity index (χ3n) is 5.27. The zero-order valence-electron chi connectivity index (χ0n) is 17.4. The lowest BCUT2D eigenvalue weighted by molar-refractivity contribution is -0.999. The summed E-state index contributed by atoms with van der Waals surface area (Å²) in [4.78, 5) is 31.0. The number of methoxy groups -OCH3 is 2. The number of hydrogen-bond acceptors (Lipinski definition) is 5. The van der Waals surface area contributed by atoms with E-state index in [1.807, 2.05) is 0 Å². The molecule has 0 saturated carbocycles. The molecule has 0 unspecified atom stereocenters. The number of rotatable bonds is 7. The first kappa shape index (κ1) is 20.9. The van der Waals surface area contributed by atoms with Gasteiger partial charge in [-0.1, -0.05) is 0 Å². The molecule has 158 valence electrons. The number of aromatic nitrogens is 1. The molecule has 0 radical (unpaired) electrons. The average molecular weight is 406 g/mol. The summed E-state index contributed by atoms with van der Waals surface area (Å²) in [5, 5.41) is 3.59. The number of anilines is 1. The molecule has 1 saturated heterocycles. The standard InChI is InChI=1S/C20H28N4O5/c1-5-29-20(26)19-18(22-17(25)12-24-8-6-23(2)7-9-24)13-10-15(27-3)16(28-4)11-14(13)21-19/h10-11,21H,5-9,12H2,1-4H3,(H,22,25)/p+2. The van der Waals surface area contributed by atoms with Crippen LogP contribution in [0.5, 0.6) is 11.5 Å². The van der Waals surface area contributed by atoms with Gasteiger partial charge >= 0.3 is 5.97 Å². The molecule has 4 N–H and O–H groups in total. The van der Waals surface area contributed by atoms with Gasteiger partial charge in [0.15, 0.2) is 18.0 Å². The number of carbonyl (C=O) groups is 2. The molecule has 1 aliphatic heterocycles. The maximum absolute atomic E-state index is 12.8. The molecule has 1 aromatic carbocycles. The van der Waals surface area contributed by atoms with Crippen LogP contribution >= 0.6 is 0 Å². The van der Waals surface area contributed by atoms with Gasteiger partial charge in [-0.15, -0.1) is 0 Å². The molecule has 9 nitrogen and oxygen atoms in total. The van der Waals surface area contributed by atoms with Crippen LogP contribution in [0, 0.1) is 0 Å². The molecule has 0 bridgehead atoms. The maximum Gasteiger partial charge on any atom is 0.356 e. The normalized spacial score (nSPS) is 19.0. The number of carbonyl (C=O) groups excluding carboxylic acids is 2. The Morgan fingerprint density at radius 1 is 1.10 bits per heavy atom. The molecule has 0 spiro atoms. The van der Waals surface area contributed by atoms with Crippen molar-refractivity contribution in [2.45, 2.75) is 6.92 Å². The number of esters is 1. The van der Waals surface area contributed by atoms with Gasteiger partial charge in [-0.3, -0.25) is 4.79 Å². The summed E-state index contributed by atoms with van der Waals surface area (Å²) in [6.07, 6.45) is 0. The number of hydrogen-bond donors (Lipinski definition) is 4. The largest absolute Gasteiger partial charge is 0.493 e. The van der Waals surface area contributed by atoms with Crippen molar-refractivity contribution in [3.8, 4) is 11.5 Å². The summed E-state index contributed by atoms with van der Waals surface area (Å²) >= 11 is 0. The van der Waals surface area contributed by atoms with Crippen LogP contribution in [0.25, 0.3) is 10.9 Å². The van der Waals surface area contributed by atoms with Gasteiger partial charge in [0.1, 0.15) is 31.9 Å². The minimum Gasteiger partial charge on any atom is -0.493 e. The fourth-order valence-electron chi connectivity index (χ4n) is 3.63. The smallest absolute Gasteiger partial charge is 0.356 e. The van der Waals surface area contributed by atoms with Crippen molar-refractivity contribution < 1.29 is 33.6 Å². The molecule has 1 fully saturated rings. The van der Waals surface area contributed by atoms with E-state index in [1.54, 1.807) is 33.3 Å². The average Bonchev–Trinajstić information content (AvgIpc) is 3.06. The van der Waals surface area contributed by atoms with Gasteiger partial charge in [0, 0.05) is 11.5 Å². The second-order valence-corrected chi connectivity index (χ2v) is 7.28. The summed E-state index contributed by atoms with van der Waals surface area (Å²) in [6.45, 7) is 6.31. The van der Waals surface area contributed by atoms with Gasteiger partial charge in [-0.2, -0.15) is 0 Å². The zero-order chi connectivity index (χ0) is 21.0. The number of H-pyrrole nitrogens is 1. The molecule has 0 atom stereocenters. The van der Waals surface area contributed by atoms with Crippen molar-refractivity contribution in [2.75, 3.05) is 65.9 Å². The molecule has 1 amide bonds. The van der Waals surface area contributed by atoms with E-state index in [4.69, 9.17) is 14.2 Å². The molecule has 2 aromatic rings. The van der Waals surface area contributed by atoms with E-state index in [0.717, 1.165) is 26.2 Å². The Morgan fingerprint density at radius 2 is 1.76 bits per heavy atom. The number of quaternary nitrogens is 2. The molecule has 3 rings (SSSR count). The lowest BCUT2D eigenvalue weighted by Crippen LogP contribution is -3.27. The van der Waals surface area contributed by atoms with E-state index in [2.05, 4.69) is 17.3 Å². The van der Waals surface area contributed by atoms with Crippen molar-refractivity contribution in [3.05, 3.63) is 17.8 Å². The van der Waals surface area contributed by atoms with Crippen molar-refractivity contribution in [1.29, 1.82) is 0 Å². The van der Waals surface area contributed by atoms with E-state index in [9.17, 15) is 9.59 Å². The molecular weight excluding hydrogens is 376 g/mol. The topological polar surface area (TPSA) is 98.5 Å². The highest BCUT2D eigenvalue weighted by Crippen LogP contribution is 2.37. The fraction of sp³-hybridized carbons (Fsp3) is 0.500. The second kappa shape index (κ2) is 9.15. The number of benzene rings is 1. The highest BCUT2D eigenvalue weighted by Gasteiger charge is 2.26. The molecule has 2 heterocycles. The molecule has 9 heteroatoms. The third-order valence-corrected chi connectivity index (χ3v) is 5.27. The van der Waals surface area contributed by atoms with Crippen molar-refractivity contribution >= 4 is 28.5 Å². The SMILES string of the molecule is CCOC(=O)c1[nH]c2cc(OC)c(OC)cc2c1NC(=O)C[NH+]1CC[NH+](C)CC1. The first-order valence-electron chi connectivity index (χ1n) is 9.86. The molecule has 1 aromatic heterocycles. The Balaban J connectivity index is 1.91. The number of amides is 1. The van der Waals surface area contributed by atoms with Crippen molar-refractivity contribution in [1.82, 2.24) is 4.98 Å². The van der Waals surface area contributed by atoms with E-state index in [-0.39, 0.29) is 18.2 Å². The van der Waals surface area contributed by atoms with Crippen molar-refractivity contribution in [3.63, 3.8) is 0 Å². The van der Waals surface area contributed by atoms with Crippen LogP contribution in [0.1, 0.15) is 17.4 Å². The number of likely N-dealkylation sites (N-methyl/N-ethyl adjacent to an activating group) is 1. The predicted molar refractivity (Wildman–Crippen MR) is 108 cm³/mol. The molecule has 29 heavy (non-hydrogen) atoms. The molecule has 1 aliphatic rings. The van der Waals surface area contributed by atoms with Crippen LogP contribution in [0.3, 0.4) is 0 Å². The molecular formula is C20H30N4O5+2. The Hall–Kier alpha value is -2.78. The van der Waals surface area contributed by atoms with E-state index < -0.39 is 5.97 Å². The van der Waals surface area contributed by atoms with Gasteiger partial charge < -0.3 is 34.3 Å². The Labute approximate surface area is 169 Å². The number of ether oxygens (including phenoxy) is 3. The lowest BCUT2D eigenvalue weighted by atomic mass is 10.2. The Morgan fingerprint density at radius 3 is 2.38 bits per heavy atom. The number of nitrogens with one attached hydrogen (secondary N) is 4. The maximum atomic E-state index is 12.8. The van der Waals surface area contributed by atoms with Gasteiger partial charge in [-0.05, 0) is 13.0 Å². The lowest BCUT2D eigenvalue weighted by Gasteiger charge is -2.26. The first-order chi connectivity index (χ1) is 14.0. The van der Waals surface area contributed by atoms with Crippen LogP contribution in [0.15, 0.2) is 12.1 Å². The van der Waals surface area contributed by atoms with Crippen LogP contribution in [-0.2, 0) is 9.53 Å². The summed E-state index contributed by atoms with van der Waals surface area (Å²) in [6, 6.07) is 3.48. The zero-order valence-corrected chi connectivity index (χ0v) is 17.4. The number of aromatic amines is 1. The van der Waals surface area contributed by atoms with Crippen LogP contribution in [-0.4, -0.2) is 77.5 Å². The van der Waals surface area contributed by atoms with Crippen LogP contribution in [0.2, 0.25) is 0 Å². The van der Waals surface area contributed by atoms with Gasteiger partial charge in [-0.25, -0.2) is 4.79 Å². The first-order valence-corrected chi connectivity index (χ1v) is 9.86. The number of piperazine rings is 1. The van der Waals surface area contributed by atoms with E-state index >= 15 is 0 Å². The third kappa shape index (κ3) is 4.63. The predicted octanol–water partition coefficient (Wildman–Crippen LogP) is -1.29. The highest BCUT2D eigenvalue weighted by molar-refractivity contribution is 6.11. The van der Waals surface area contributed by atoms with Crippen LogP contribution < -0.4 is 24.6 Å².